The minimum atomic E-state index is -0.487. The molecule has 0 aliphatic heterocycles. The van der Waals surface area contributed by atoms with Crippen molar-refractivity contribution in [2.45, 2.75) is 37.8 Å². The Labute approximate surface area is 200 Å². The second kappa shape index (κ2) is 10.3. The third-order valence-corrected chi connectivity index (χ3v) is 6.11. The van der Waals surface area contributed by atoms with E-state index in [1.54, 1.807) is 0 Å². The minimum Gasteiger partial charge on any atom is -0.378 e. The van der Waals surface area contributed by atoms with Crippen LogP contribution < -0.4 is 11.2 Å². The third-order valence-electron chi connectivity index (χ3n) is 5.08. The average molecular weight is 477 g/mol. The smallest absolute Gasteiger partial charge is 0.293 e. The van der Waals surface area contributed by atoms with Gasteiger partial charge in [-0.05, 0) is 48.3 Å². The highest BCUT2D eigenvalue weighted by atomic mass is 32.2. The van der Waals surface area contributed by atoms with E-state index in [4.69, 9.17) is 10.4 Å². The lowest BCUT2D eigenvalue weighted by Gasteiger charge is -2.07. The van der Waals surface area contributed by atoms with Crippen LogP contribution >= 0.6 is 11.8 Å². The second-order valence-corrected chi connectivity index (χ2v) is 8.64. The fourth-order valence-corrected chi connectivity index (χ4v) is 4.06. The number of aryl methyl sites for hydroxylation is 2. The van der Waals surface area contributed by atoms with E-state index in [0.29, 0.717) is 17.9 Å². The van der Waals surface area contributed by atoms with Gasteiger partial charge in [0, 0.05) is 10.6 Å². The lowest BCUT2D eigenvalue weighted by atomic mass is 10.1. The summed E-state index contributed by atoms with van der Waals surface area (Å²) in [4.78, 5) is 14.1. The number of aromatic nitrogens is 5. The molecule has 0 radical (unpaired) electrons. The number of nitrogens with one attached hydrogen (secondary N) is 1. The first kappa shape index (κ1) is 23.2. The van der Waals surface area contributed by atoms with Crippen molar-refractivity contribution < 1.29 is 9.42 Å². The molecule has 0 fully saturated rings. The van der Waals surface area contributed by atoms with Crippen molar-refractivity contribution in [1.29, 1.82) is 0 Å². The predicted molar refractivity (Wildman–Crippen MR) is 130 cm³/mol. The Morgan fingerprint density at radius 3 is 2.38 bits per heavy atom. The molecule has 0 spiro atoms. The van der Waals surface area contributed by atoms with Crippen LogP contribution in [-0.2, 0) is 5.75 Å². The number of hydrogen-bond donors (Lipinski definition) is 2. The zero-order chi connectivity index (χ0) is 24.1. The number of nitrogens with two attached hydrogens (primary N) is 1. The van der Waals surface area contributed by atoms with Gasteiger partial charge in [-0.1, -0.05) is 59.7 Å². The van der Waals surface area contributed by atoms with Gasteiger partial charge in [0.05, 0.1) is 11.4 Å². The molecule has 0 unspecified atom stereocenters. The number of thioether (sulfide) groups is 1. The summed E-state index contributed by atoms with van der Waals surface area (Å²) in [5, 5.41) is 19.9. The molecule has 2 aromatic carbocycles. The van der Waals surface area contributed by atoms with Crippen LogP contribution in [0.25, 0.3) is 5.82 Å². The number of hydrazone groups is 1. The summed E-state index contributed by atoms with van der Waals surface area (Å²) in [7, 11) is 0. The second-order valence-electron chi connectivity index (χ2n) is 7.59. The normalized spacial score (nSPS) is 11.6. The van der Waals surface area contributed by atoms with E-state index in [0.717, 1.165) is 27.3 Å². The van der Waals surface area contributed by atoms with Gasteiger partial charge in [0.2, 0.25) is 11.6 Å². The summed E-state index contributed by atoms with van der Waals surface area (Å²) in [6, 6.07) is 16.0. The number of nitrogen functional groups attached to an aromatic ring is 1. The number of carbonyl (C=O) groups excluding carboxylic acids is 1. The number of anilines is 1. The average Bonchev–Trinajstić information content (AvgIpc) is 3.45. The summed E-state index contributed by atoms with van der Waals surface area (Å²) < 4.78 is 6.08. The fourth-order valence-electron chi connectivity index (χ4n) is 3.17. The van der Waals surface area contributed by atoms with Gasteiger partial charge in [-0.3, -0.25) is 4.79 Å². The van der Waals surface area contributed by atoms with E-state index in [1.807, 2.05) is 69.3 Å². The van der Waals surface area contributed by atoms with E-state index in [9.17, 15) is 4.79 Å². The Bertz CT molecular complexity index is 1310. The Kier molecular flexibility index (Phi) is 7.02. The number of nitrogens with zero attached hydrogens (tertiary/aromatic N) is 6. The third kappa shape index (κ3) is 5.15. The van der Waals surface area contributed by atoms with Gasteiger partial charge in [0.15, 0.2) is 5.69 Å². The summed E-state index contributed by atoms with van der Waals surface area (Å²) in [5.41, 5.74) is 13.1. The van der Waals surface area contributed by atoms with E-state index in [-0.39, 0.29) is 17.3 Å². The molecule has 0 aliphatic carbocycles. The van der Waals surface area contributed by atoms with Gasteiger partial charge in [-0.25, -0.2) is 10.1 Å². The van der Waals surface area contributed by atoms with Crippen molar-refractivity contribution in [1.82, 2.24) is 30.7 Å². The topological polar surface area (TPSA) is 137 Å². The zero-order valence-corrected chi connectivity index (χ0v) is 19.8. The largest absolute Gasteiger partial charge is 0.378 e. The number of amides is 1. The maximum atomic E-state index is 13.1. The first-order valence-electron chi connectivity index (χ1n) is 10.6. The predicted octanol–water partition coefficient (Wildman–Crippen LogP) is 3.69. The van der Waals surface area contributed by atoms with Crippen molar-refractivity contribution in [3.05, 3.63) is 76.6 Å². The van der Waals surface area contributed by atoms with E-state index >= 15 is 0 Å². The molecule has 2 aromatic heterocycles. The molecule has 10 nitrogen and oxygen atoms in total. The Morgan fingerprint density at radius 1 is 1.09 bits per heavy atom. The maximum Gasteiger partial charge on any atom is 0.293 e. The molecule has 4 aromatic rings. The SMILES string of the molecule is CC/C(=N/NC(=O)c1nnn(-c2nonc2N)c1CSc1ccc(C)cc1)c1ccc(C)cc1. The fraction of sp³-hybridized carbons (Fsp3) is 0.217. The van der Waals surface area contributed by atoms with Crippen molar-refractivity contribution in [3.8, 4) is 5.82 Å². The number of hydrogen-bond acceptors (Lipinski definition) is 9. The van der Waals surface area contributed by atoms with Gasteiger partial charge in [-0.15, -0.1) is 16.9 Å². The Hall–Kier alpha value is -3.99. The number of benzene rings is 2. The van der Waals surface area contributed by atoms with Crippen molar-refractivity contribution in [2.75, 3.05) is 5.73 Å². The van der Waals surface area contributed by atoms with Gasteiger partial charge in [-0.2, -0.15) is 9.78 Å². The Morgan fingerprint density at radius 2 is 1.76 bits per heavy atom. The molecule has 0 saturated carbocycles. The molecule has 0 aliphatic rings. The highest BCUT2D eigenvalue weighted by Gasteiger charge is 2.24. The first-order chi connectivity index (χ1) is 16.5. The molecule has 0 bridgehead atoms. The summed E-state index contributed by atoms with van der Waals surface area (Å²) >= 11 is 1.53. The van der Waals surface area contributed by atoms with Crippen molar-refractivity contribution in [2.24, 2.45) is 5.10 Å². The molecule has 4 rings (SSSR count). The quantitative estimate of drug-likeness (QED) is 0.223. The van der Waals surface area contributed by atoms with Gasteiger partial charge in [0.1, 0.15) is 0 Å². The molecule has 0 saturated heterocycles. The van der Waals surface area contributed by atoms with Crippen molar-refractivity contribution in [3.63, 3.8) is 0 Å². The van der Waals surface area contributed by atoms with Crippen LogP contribution in [0.3, 0.4) is 0 Å². The molecule has 3 N–H and O–H groups in total. The number of rotatable bonds is 8. The Balaban J connectivity index is 1.61. The van der Waals surface area contributed by atoms with Gasteiger partial charge >= 0.3 is 0 Å². The van der Waals surface area contributed by atoms with Gasteiger partial charge in [0.25, 0.3) is 5.91 Å². The van der Waals surface area contributed by atoms with E-state index in [2.05, 4.69) is 31.2 Å². The van der Waals surface area contributed by atoms with Crippen LogP contribution in [0, 0.1) is 13.8 Å². The van der Waals surface area contributed by atoms with Crippen LogP contribution in [0.1, 0.15) is 46.2 Å². The minimum absolute atomic E-state index is 0.0455. The molecule has 11 heteroatoms. The molecular formula is C23H24N8O2S. The highest BCUT2D eigenvalue weighted by Crippen LogP contribution is 2.26. The van der Waals surface area contributed by atoms with E-state index in [1.165, 1.54) is 16.4 Å². The van der Waals surface area contributed by atoms with Gasteiger partial charge < -0.3 is 5.73 Å². The summed E-state index contributed by atoms with van der Waals surface area (Å²) in [5.74, 6) is 0.111. The van der Waals surface area contributed by atoms with Crippen molar-refractivity contribution >= 4 is 29.2 Å². The zero-order valence-electron chi connectivity index (χ0n) is 19.0. The summed E-state index contributed by atoms with van der Waals surface area (Å²) in [6.07, 6.45) is 0.646. The molecule has 1 amide bonds. The lowest BCUT2D eigenvalue weighted by Crippen LogP contribution is -2.22. The first-order valence-corrected chi connectivity index (χ1v) is 11.6. The monoisotopic (exact) mass is 476 g/mol. The van der Waals surface area contributed by atoms with Crippen LogP contribution in [0.4, 0.5) is 5.82 Å². The van der Waals surface area contributed by atoms with E-state index < -0.39 is 5.91 Å². The molecule has 0 atom stereocenters. The molecule has 34 heavy (non-hydrogen) atoms. The number of carbonyl (C=O) groups is 1. The standard InChI is InChI=1S/C23H24N8O2S/c1-4-18(16-9-5-14(2)6-10-16)25-27-23(32)20-19(13-34-17-11-7-15(3)8-12-17)31(30-26-20)22-21(24)28-33-29-22/h5-12H,4,13H2,1-3H3,(H2,24,28)(H,27,32)/b25-18-. The molecule has 2 heterocycles. The lowest BCUT2D eigenvalue weighted by molar-refractivity contribution is 0.0949. The maximum absolute atomic E-state index is 13.1. The summed E-state index contributed by atoms with van der Waals surface area (Å²) in [6.45, 7) is 6.02. The molecule has 174 valence electrons. The van der Waals surface area contributed by atoms with Crippen LogP contribution in [0.15, 0.2) is 63.2 Å². The highest BCUT2D eigenvalue weighted by molar-refractivity contribution is 7.98. The van der Waals surface area contributed by atoms with Crippen LogP contribution in [-0.4, -0.2) is 36.9 Å². The van der Waals surface area contributed by atoms with Crippen LogP contribution in [0.5, 0.6) is 0 Å². The molecular weight excluding hydrogens is 452 g/mol. The van der Waals surface area contributed by atoms with Crippen LogP contribution in [0.2, 0.25) is 0 Å².